The van der Waals surface area contributed by atoms with Gasteiger partial charge in [-0.1, -0.05) is 6.07 Å². The van der Waals surface area contributed by atoms with Crippen molar-refractivity contribution in [2.24, 2.45) is 0 Å². The van der Waals surface area contributed by atoms with Crippen LogP contribution in [0.1, 0.15) is 5.56 Å². The van der Waals surface area contributed by atoms with E-state index < -0.39 is 4.92 Å². The molecule has 2 aromatic rings. The molecule has 1 aromatic heterocycles. The van der Waals surface area contributed by atoms with Gasteiger partial charge in [0.2, 0.25) is 0 Å². The van der Waals surface area contributed by atoms with Gasteiger partial charge in [0.15, 0.2) is 0 Å². The first-order valence-corrected chi connectivity index (χ1v) is 7.33. The van der Waals surface area contributed by atoms with Crippen molar-refractivity contribution in [2.45, 2.75) is 11.4 Å². The molecule has 110 valence electrons. The smallest absolute Gasteiger partial charge is 0.285 e. The molecule has 0 saturated carbocycles. The van der Waals surface area contributed by atoms with E-state index in [0.29, 0.717) is 0 Å². The molecular weight excluding hydrogens is 292 g/mol. The second-order valence-electron chi connectivity index (χ2n) is 4.30. The van der Waals surface area contributed by atoms with E-state index in [4.69, 9.17) is 4.74 Å². The lowest BCUT2D eigenvalue weighted by molar-refractivity contribution is -0.385. The fourth-order valence-electron chi connectivity index (χ4n) is 1.93. The van der Waals surface area contributed by atoms with Gasteiger partial charge in [-0.05, 0) is 24.0 Å². The summed E-state index contributed by atoms with van der Waals surface area (Å²) >= 11 is 1.56. The van der Waals surface area contributed by atoms with E-state index in [1.165, 1.54) is 22.9 Å². The van der Waals surface area contributed by atoms with Crippen LogP contribution in [0, 0.1) is 10.1 Å². The number of hydrogen-bond donors (Lipinski definition) is 0. The first-order valence-electron chi connectivity index (χ1n) is 6.11. The number of nitrogens with zero attached hydrogens (tertiary/aromatic N) is 2. The van der Waals surface area contributed by atoms with Crippen molar-refractivity contribution in [3.8, 4) is 5.75 Å². The maximum atomic E-state index is 11.8. The van der Waals surface area contributed by atoms with Crippen LogP contribution in [0.15, 0.2) is 46.2 Å². The molecule has 0 spiro atoms. The van der Waals surface area contributed by atoms with Gasteiger partial charge < -0.3 is 9.30 Å². The van der Waals surface area contributed by atoms with Gasteiger partial charge >= 0.3 is 0 Å². The number of thioether (sulfide) groups is 1. The molecule has 0 aliphatic carbocycles. The molecule has 21 heavy (non-hydrogen) atoms. The molecule has 0 aliphatic heterocycles. The van der Waals surface area contributed by atoms with Gasteiger partial charge in [0.25, 0.3) is 11.2 Å². The molecule has 0 atom stereocenters. The summed E-state index contributed by atoms with van der Waals surface area (Å²) in [5.74, 6) is 0.721. The van der Waals surface area contributed by atoms with Crippen molar-refractivity contribution in [3.05, 3.63) is 62.6 Å². The van der Waals surface area contributed by atoms with Crippen LogP contribution in [0.4, 0.5) is 5.69 Å². The van der Waals surface area contributed by atoms with Gasteiger partial charge in [-0.2, -0.15) is 0 Å². The number of pyridine rings is 1. The highest BCUT2D eigenvalue weighted by Crippen LogP contribution is 2.28. The fraction of sp³-hybridized carbons (Fsp3) is 0.214. The Kier molecular flexibility index (Phi) is 4.64. The minimum absolute atomic E-state index is 0.109. The van der Waals surface area contributed by atoms with Crippen molar-refractivity contribution in [1.82, 2.24) is 4.57 Å². The molecule has 0 amide bonds. The average molecular weight is 306 g/mol. The predicted molar refractivity (Wildman–Crippen MR) is 81.2 cm³/mol. The number of methoxy groups -OCH3 is 1. The summed E-state index contributed by atoms with van der Waals surface area (Å²) in [7, 11) is 1.58. The van der Waals surface area contributed by atoms with E-state index in [2.05, 4.69) is 0 Å². The molecular formula is C14H14N2O4S. The Labute approximate surface area is 125 Å². The van der Waals surface area contributed by atoms with Crippen molar-refractivity contribution in [1.29, 1.82) is 0 Å². The van der Waals surface area contributed by atoms with Crippen LogP contribution in [0.25, 0.3) is 0 Å². The number of nitro groups is 1. The average Bonchev–Trinajstić information content (AvgIpc) is 2.49. The predicted octanol–water partition coefficient (Wildman–Crippen LogP) is 2.54. The third-order valence-electron chi connectivity index (χ3n) is 2.98. The van der Waals surface area contributed by atoms with E-state index in [1.54, 1.807) is 18.9 Å². The molecule has 0 bridgehead atoms. The Balaban J connectivity index is 2.36. The summed E-state index contributed by atoms with van der Waals surface area (Å²) in [6.45, 7) is 0.255. The number of ether oxygens (including phenoxy) is 1. The van der Waals surface area contributed by atoms with Gasteiger partial charge in [-0.3, -0.25) is 14.9 Å². The molecule has 0 N–H and O–H groups in total. The monoisotopic (exact) mass is 306 g/mol. The second kappa shape index (κ2) is 6.45. The highest BCUT2D eigenvalue weighted by molar-refractivity contribution is 7.98. The summed E-state index contributed by atoms with van der Waals surface area (Å²) in [5, 5.41) is 10.8. The minimum atomic E-state index is -0.520. The molecule has 0 saturated heterocycles. The van der Waals surface area contributed by atoms with Crippen molar-refractivity contribution in [2.75, 3.05) is 13.4 Å². The number of hydrogen-bond acceptors (Lipinski definition) is 5. The van der Waals surface area contributed by atoms with Gasteiger partial charge in [0.1, 0.15) is 5.75 Å². The molecule has 0 fully saturated rings. The van der Waals surface area contributed by atoms with Gasteiger partial charge in [0, 0.05) is 17.0 Å². The molecule has 0 radical (unpaired) electrons. The van der Waals surface area contributed by atoms with Crippen LogP contribution in [-0.4, -0.2) is 22.9 Å². The third kappa shape index (κ3) is 3.43. The van der Waals surface area contributed by atoms with Crippen molar-refractivity contribution >= 4 is 17.4 Å². The van der Waals surface area contributed by atoms with Gasteiger partial charge in [0.05, 0.1) is 24.8 Å². The van der Waals surface area contributed by atoms with Crippen LogP contribution in [0.5, 0.6) is 5.75 Å². The highest BCUT2D eigenvalue weighted by atomic mass is 32.2. The summed E-state index contributed by atoms with van der Waals surface area (Å²) in [6.07, 6.45) is 3.19. The number of benzene rings is 1. The molecule has 1 heterocycles. The zero-order chi connectivity index (χ0) is 15.4. The minimum Gasteiger partial charge on any atom is -0.496 e. The zero-order valence-corrected chi connectivity index (χ0v) is 12.4. The first kappa shape index (κ1) is 15.1. The molecule has 7 heteroatoms. The molecule has 0 aliphatic rings. The highest BCUT2D eigenvalue weighted by Gasteiger charge is 2.09. The lowest BCUT2D eigenvalue weighted by atomic mass is 10.2. The first-order chi connectivity index (χ1) is 10.0. The summed E-state index contributed by atoms with van der Waals surface area (Å²) in [4.78, 5) is 23.0. The van der Waals surface area contributed by atoms with Crippen molar-refractivity contribution < 1.29 is 9.66 Å². The topological polar surface area (TPSA) is 74.4 Å². The summed E-state index contributed by atoms with van der Waals surface area (Å²) in [5.41, 5.74) is 0.447. The van der Waals surface area contributed by atoms with E-state index in [0.717, 1.165) is 16.2 Å². The Morgan fingerprint density at radius 1 is 1.33 bits per heavy atom. The Bertz CT molecular complexity index is 727. The SMILES string of the molecule is COc1cc(Cn2cc([N+](=O)[O-])ccc2=O)ccc1SC. The maximum Gasteiger partial charge on any atom is 0.285 e. The summed E-state index contributed by atoms with van der Waals surface area (Å²) in [6, 6.07) is 8.01. The number of rotatable bonds is 5. The van der Waals surface area contributed by atoms with Crippen LogP contribution in [-0.2, 0) is 6.54 Å². The van der Waals surface area contributed by atoms with E-state index in [9.17, 15) is 14.9 Å². The zero-order valence-electron chi connectivity index (χ0n) is 11.6. The lowest BCUT2D eigenvalue weighted by Gasteiger charge is -2.10. The molecule has 1 aromatic carbocycles. The standard InChI is InChI=1S/C14H14N2O4S/c1-20-12-7-10(3-5-13(12)21-2)8-15-9-11(16(18)19)4-6-14(15)17/h3-7,9H,8H2,1-2H3. The Hall–Kier alpha value is -2.28. The van der Waals surface area contributed by atoms with Crippen LogP contribution in [0.3, 0.4) is 0 Å². The van der Waals surface area contributed by atoms with Gasteiger partial charge in [-0.15, -0.1) is 11.8 Å². The normalized spacial score (nSPS) is 10.4. The largest absolute Gasteiger partial charge is 0.496 e. The third-order valence-corrected chi connectivity index (χ3v) is 3.76. The van der Waals surface area contributed by atoms with Crippen LogP contribution in [0.2, 0.25) is 0 Å². The lowest BCUT2D eigenvalue weighted by Crippen LogP contribution is -2.19. The van der Waals surface area contributed by atoms with Crippen LogP contribution >= 0.6 is 11.8 Å². The van der Waals surface area contributed by atoms with E-state index >= 15 is 0 Å². The maximum absolute atomic E-state index is 11.8. The molecule has 2 rings (SSSR count). The van der Waals surface area contributed by atoms with Crippen molar-refractivity contribution in [3.63, 3.8) is 0 Å². The van der Waals surface area contributed by atoms with E-state index in [-0.39, 0.29) is 17.8 Å². The Morgan fingerprint density at radius 3 is 2.71 bits per heavy atom. The van der Waals surface area contributed by atoms with Gasteiger partial charge in [-0.25, -0.2) is 0 Å². The fourth-order valence-corrected chi connectivity index (χ4v) is 2.47. The second-order valence-corrected chi connectivity index (χ2v) is 5.15. The summed E-state index contributed by atoms with van der Waals surface area (Å²) < 4.78 is 6.60. The van der Waals surface area contributed by atoms with Crippen LogP contribution < -0.4 is 10.3 Å². The molecule has 0 unspecified atom stereocenters. The molecule has 6 nitrogen and oxygen atoms in total. The number of aromatic nitrogens is 1. The quantitative estimate of drug-likeness (QED) is 0.482. The Morgan fingerprint density at radius 2 is 2.10 bits per heavy atom. The van der Waals surface area contributed by atoms with E-state index in [1.807, 2.05) is 24.5 Å².